The molecule has 2 fully saturated rings. The first-order valence-electron chi connectivity index (χ1n) is 10.5. The van der Waals surface area contributed by atoms with E-state index in [1.807, 2.05) is 11.8 Å². The van der Waals surface area contributed by atoms with E-state index in [0.29, 0.717) is 18.7 Å². The number of nitrogens with one attached hydrogen (secondary N) is 1. The number of hydrogen-bond acceptors (Lipinski definition) is 6. The molecule has 0 unspecified atom stereocenters. The van der Waals surface area contributed by atoms with Crippen LogP contribution in [-0.2, 0) is 14.8 Å². The van der Waals surface area contributed by atoms with Crippen molar-refractivity contribution < 1.29 is 18.1 Å². The van der Waals surface area contributed by atoms with Crippen molar-refractivity contribution in [2.45, 2.75) is 62.9 Å². The predicted molar refractivity (Wildman–Crippen MR) is 113 cm³/mol. The van der Waals surface area contributed by atoms with Gasteiger partial charge in [0, 0.05) is 44.4 Å². The van der Waals surface area contributed by atoms with E-state index in [2.05, 4.69) is 5.32 Å². The summed E-state index contributed by atoms with van der Waals surface area (Å²) in [6.45, 7) is 4.84. The van der Waals surface area contributed by atoms with Crippen LogP contribution in [0.3, 0.4) is 0 Å². The van der Waals surface area contributed by atoms with Crippen LogP contribution >= 0.6 is 0 Å². The van der Waals surface area contributed by atoms with Gasteiger partial charge < -0.3 is 5.32 Å². The molecule has 9 nitrogen and oxygen atoms in total. The Bertz CT molecular complexity index is 890. The zero-order valence-electron chi connectivity index (χ0n) is 17.5. The van der Waals surface area contributed by atoms with Crippen LogP contribution in [0.25, 0.3) is 0 Å². The molecule has 0 radical (unpaired) electrons. The smallest absolute Gasteiger partial charge is 0.270 e. The number of benzene rings is 1. The molecule has 1 saturated heterocycles. The number of non-ortho nitro benzene ring substituents is 1. The van der Waals surface area contributed by atoms with Gasteiger partial charge >= 0.3 is 0 Å². The molecule has 1 saturated carbocycles. The maximum absolute atomic E-state index is 13.1. The van der Waals surface area contributed by atoms with Crippen molar-refractivity contribution in [2.24, 2.45) is 0 Å². The standard InChI is InChI=1S/C20H30N4O5S/c1-15-8-9-18(24(26)27)14-19(15)30(28,29)23-12-10-22(11-13-23)16(2)20(25)21-17-6-4-3-5-7-17/h8-9,14,16-17H,3-7,10-13H2,1-2H3,(H,21,25)/t16-/m1/s1. The van der Waals surface area contributed by atoms with Gasteiger partial charge in [0.25, 0.3) is 5.69 Å². The number of amides is 1. The number of nitrogens with zero attached hydrogens (tertiary/aromatic N) is 3. The number of nitro benzene ring substituents is 1. The number of nitro groups is 1. The van der Waals surface area contributed by atoms with Gasteiger partial charge in [0.2, 0.25) is 15.9 Å². The molecule has 1 heterocycles. The third kappa shape index (κ3) is 4.98. The topological polar surface area (TPSA) is 113 Å². The fourth-order valence-electron chi connectivity index (χ4n) is 4.19. The summed E-state index contributed by atoms with van der Waals surface area (Å²) < 4.78 is 27.5. The van der Waals surface area contributed by atoms with Gasteiger partial charge in [0.05, 0.1) is 15.9 Å². The SMILES string of the molecule is Cc1ccc([N+](=O)[O-])cc1S(=O)(=O)N1CCN([C@H](C)C(=O)NC2CCCCC2)CC1. The van der Waals surface area contributed by atoms with Crippen LogP contribution in [0, 0.1) is 17.0 Å². The molecular weight excluding hydrogens is 408 g/mol. The maximum atomic E-state index is 13.1. The number of carbonyl (C=O) groups is 1. The van der Waals surface area contributed by atoms with Crippen LogP contribution in [0.5, 0.6) is 0 Å². The Labute approximate surface area is 177 Å². The lowest BCUT2D eigenvalue weighted by Gasteiger charge is -2.37. The van der Waals surface area contributed by atoms with E-state index in [0.717, 1.165) is 31.7 Å². The van der Waals surface area contributed by atoms with Crippen LogP contribution in [0.4, 0.5) is 5.69 Å². The summed E-state index contributed by atoms with van der Waals surface area (Å²) in [5, 5.41) is 14.2. The molecule has 1 aliphatic carbocycles. The van der Waals surface area contributed by atoms with Crippen molar-refractivity contribution >= 4 is 21.6 Å². The quantitative estimate of drug-likeness (QED) is 0.537. The Morgan fingerprint density at radius 3 is 2.40 bits per heavy atom. The number of rotatable bonds is 6. The van der Waals surface area contributed by atoms with Gasteiger partial charge in [-0.1, -0.05) is 25.3 Å². The average Bonchev–Trinajstić information content (AvgIpc) is 2.74. The van der Waals surface area contributed by atoms with Gasteiger partial charge in [-0.25, -0.2) is 8.42 Å². The van der Waals surface area contributed by atoms with Crippen LogP contribution < -0.4 is 5.32 Å². The third-order valence-electron chi connectivity index (χ3n) is 6.15. The fourth-order valence-corrected chi connectivity index (χ4v) is 5.85. The number of carbonyl (C=O) groups excluding carboxylic acids is 1. The Kier molecular flexibility index (Phi) is 7.10. The zero-order valence-corrected chi connectivity index (χ0v) is 18.4. The van der Waals surface area contributed by atoms with Crippen LogP contribution in [0.2, 0.25) is 0 Å². The molecule has 1 amide bonds. The zero-order chi connectivity index (χ0) is 21.9. The molecule has 1 aliphatic heterocycles. The number of hydrogen-bond donors (Lipinski definition) is 1. The molecule has 3 rings (SSSR count). The van der Waals surface area contributed by atoms with E-state index in [1.165, 1.54) is 22.9 Å². The minimum absolute atomic E-state index is 0.00673. The molecule has 166 valence electrons. The van der Waals surface area contributed by atoms with E-state index in [4.69, 9.17) is 0 Å². The first-order valence-corrected chi connectivity index (χ1v) is 11.9. The van der Waals surface area contributed by atoms with Crippen molar-refractivity contribution in [3.63, 3.8) is 0 Å². The highest BCUT2D eigenvalue weighted by molar-refractivity contribution is 7.89. The van der Waals surface area contributed by atoms with Crippen LogP contribution in [-0.4, -0.2) is 66.7 Å². The first-order chi connectivity index (χ1) is 14.2. The summed E-state index contributed by atoms with van der Waals surface area (Å²) in [6.07, 6.45) is 5.56. The van der Waals surface area contributed by atoms with Crippen LogP contribution in [0.15, 0.2) is 23.1 Å². The third-order valence-corrected chi connectivity index (χ3v) is 8.19. The molecular formula is C20H30N4O5S. The molecule has 1 aromatic rings. The highest BCUT2D eigenvalue weighted by atomic mass is 32.2. The highest BCUT2D eigenvalue weighted by Gasteiger charge is 2.33. The average molecular weight is 439 g/mol. The van der Waals surface area contributed by atoms with E-state index < -0.39 is 14.9 Å². The molecule has 2 aliphatic rings. The summed E-state index contributed by atoms with van der Waals surface area (Å²) in [7, 11) is -3.84. The summed E-state index contributed by atoms with van der Waals surface area (Å²) in [5.74, 6) is -0.00673. The van der Waals surface area contributed by atoms with Crippen molar-refractivity contribution in [3.8, 4) is 0 Å². The minimum Gasteiger partial charge on any atom is -0.352 e. The molecule has 1 aromatic carbocycles. The van der Waals surface area contributed by atoms with Gasteiger partial charge in [-0.3, -0.25) is 19.8 Å². The second kappa shape index (κ2) is 9.40. The summed E-state index contributed by atoms with van der Waals surface area (Å²) in [5.41, 5.74) is 0.231. The minimum atomic E-state index is -3.84. The Morgan fingerprint density at radius 1 is 1.17 bits per heavy atom. The Morgan fingerprint density at radius 2 is 1.80 bits per heavy atom. The van der Waals surface area contributed by atoms with Gasteiger partial charge in [0.1, 0.15) is 0 Å². The molecule has 0 spiro atoms. The molecule has 10 heteroatoms. The summed E-state index contributed by atoms with van der Waals surface area (Å²) in [6, 6.07) is 3.80. The highest BCUT2D eigenvalue weighted by Crippen LogP contribution is 2.26. The second-order valence-corrected chi connectivity index (χ2v) is 10.1. The lowest BCUT2D eigenvalue weighted by Crippen LogP contribution is -2.56. The fraction of sp³-hybridized carbons (Fsp3) is 0.650. The normalized spacial score (nSPS) is 20.6. The monoisotopic (exact) mass is 438 g/mol. The van der Waals surface area contributed by atoms with Crippen molar-refractivity contribution in [1.82, 2.24) is 14.5 Å². The molecule has 0 aromatic heterocycles. The Balaban J connectivity index is 1.62. The predicted octanol–water partition coefficient (Wildman–Crippen LogP) is 2.05. The van der Waals surface area contributed by atoms with Crippen LogP contribution in [0.1, 0.15) is 44.6 Å². The van der Waals surface area contributed by atoms with Gasteiger partial charge in [-0.2, -0.15) is 4.31 Å². The Hall–Kier alpha value is -2.04. The van der Waals surface area contributed by atoms with E-state index in [9.17, 15) is 23.3 Å². The number of piperazine rings is 1. The van der Waals surface area contributed by atoms with Crippen molar-refractivity contribution in [1.29, 1.82) is 0 Å². The number of sulfonamides is 1. The van der Waals surface area contributed by atoms with Gasteiger partial charge in [-0.05, 0) is 32.3 Å². The first kappa shape index (κ1) is 22.6. The van der Waals surface area contributed by atoms with Crippen molar-refractivity contribution in [2.75, 3.05) is 26.2 Å². The van der Waals surface area contributed by atoms with E-state index in [1.54, 1.807) is 6.92 Å². The van der Waals surface area contributed by atoms with Crippen molar-refractivity contribution in [3.05, 3.63) is 33.9 Å². The molecule has 1 N–H and O–H groups in total. The second-order valence-electron chi connectivity index (χ2n) is 8.17. The molecule has 30 heavy (non-hydrogen) atoms. The largest absolute Gasteiger partial charge is 0.352 e. The number of aryl methyl sites for hydroxylation is 1. The van der Waals surface area contributed by atoms with Gasteiger partial charge in [0.15, 0.2) is 0 Å². The van der Waals surface area contributed by atoms with Gasteiger partial charge in [-0.15, -0.1) is 0 Å². The molecule has 0 bridgehead atoms. The summed E-state index contributed by atoms with van der Waals surface area (Å²) >= 11 is 0. The summed E-state index contributed by atoms with van der Waals surface area (Å²) in [4.78, 5) is 25.0. The van der Waals surface area contributed by atoms with E-state index in [-0.39, 0.29) is 41.7 Å². The van der Waals surface area contributed by atoms with E-state index >= 15 is 0 Å². The lowest BCUT2D eigenvalue weighted by atomic mass is 9.95. The molecule has 1 atom stereocenters. The lowest BCUT2D eigenvalue weighted by molar-refractivity contribution is -0.385. The maximum Gasteiger partial charge on any atom is 0.270 e.